The monoisotopic (exact) mass is 498 g/mol. The molecule has 6 nitrogen and oxygen atoms in total. The molecule has 2 aromatic carbocycles. The highest BCUT2D eigenvalue weighted by Gasteiger charge is 2.47. The number of aliphatic hydroxyl groups excluding tert-OH is 1. The van der Waals surface area contributed by atoms with Crippen LogP contribution in [0.1, 0.15) is 75.9 Å². The van der Waals surface area contributed by atoms with E-state index in [1.165, 1.54) is 4.90 Å². The SMILES string of the molecule is CCOc1ccc(/C(O)=C2/C(=O)C(=O)N(c3ccc(C(C)C)cc3)C2c2ccccn2)cc1C(C)(C)C. The lowest BCUT2D eigenvalue weighted by Crippen LogP contribution is -2.29. The van der Waals surface area contributed by atoms with E-state index in [1.54, 1.807) is 36.5 Å². The lowest BCUT2D eigenvalue weighted by atomic mass is 9.84. The Labute approximate surface area is 218 Å². The quantitative estimate of drug-likeness (QED) is 0.238. The molecule has 1 unspecified atom stereocenters. The van der Waals surface area contributed by atoms with E-state index in [0.717, 1.165) is 16.9 Å². The number of carbonyl (C=O) groups excluding carboxylic acids is 2. The molecule has 4 rings (SSSR count). The molecule has 1 atom stereocenters. The zero-order valence-corrected chi connectivity index (χ0v) is 22.3. The van der Waals surface area contributed by atoms with Crippen LogP contribution in [0.4, 0.5) is 5.69 Å². The van der Waals surface area contributed by atoms with Gasteiger partial charge in [-0.15, -0.1) is 0 Å². The van der Waals surface area contributed by atoms with Crippen molar-refractivity contribution in [2.75, 3.05) is 11.5 Å². The summed E-state index contributed by atoms with van der Waals surface area (Å²) in [5, 5.41) is 11.5. The maximum atomic E-state index is 13.5. The Kier molecular flexibility index (Phi) is 7.21. The Morgan fingerprint density at radius 2 is 1.76 bits per heavy atom. The Balaban J connectivity index is 1.91. The number of ether oxygens (including phenoxy) is 1. The van der Waals surface area contributed by atoms with Crippen molar-refractivity contribution in [3.63, 3.8) is 0 Å². The van der Waals surface area contributed by atoms with Crippen molar-refractivity contribution < 1.29 is 19.4 Å². The average molecular weight is 499 g/mol. The van der Waals surface area contributed by atoms with Crippen LogP contribution in [-0.4, -0.2) is 28.4 Å². The van der Waals surface area contributed by atoms with E-state index < -0.39 is 17.7 Å². The molecule has 0 saturated carbocycles. The van der Waals surface area contributed by atoms with E-state index in [1.807, 2.05) is 37.3 Å². The minimum Gasteiger partial charge on any atom is -0.507 e. The number of pyridine rings is 1. The molecule has 1 aromatic heterocycles. The summed E-state index contributed by atoms with van der Waals surface area (Å²) >= 11 is 0. The molecule has 192 valence electrons. The zero-order chi connectivity index (χ0) is 26.9. The number of aliphatic hydroxyl groups is 1. The van der Waals surface area contributed by atoms with E-state index >= 15 is 0 Å². The van der Waals surface area contributed by atoms with Gasteiger partial charge < -0.3 is 9.84 Å². The molecule has 6 heteroatoms. The molecule has 3 aromatic rings. The number of aromatic nitrogens is 1. The van der Waals surface area contributed by atoms with Crippen LogP contribution in [0.2, 0.25) is 0 Å². The molecule has 0 radical (unpaired) electrons. The first kappa shape index (κ1) is 26.1. The number of anilines is 1. The molecular weight excluding hydrogens is 464 g/mol. The molecular formula is C31H34N2O4. The van der Waals surface area contributed by atoms with Crippen LogP contribution in [0.25, 0.3) is 5.76 Å². The fraction of sp³-hybridized carbons (Fsp3) is 0.323. The second kappa shape index (κ2) is 10.2. The molecule has 1 fully saturated rings. The van der Waals surface area contributed by atoms with E-state index in [9.17, 15) is 14.7 Å². The van der Waals surface area contributed by atoms with Crippen molar-refractivity contribution in [3.05, 3.63) is 94.8 Å². The van der Waals surface area contributed by atoms with Gasteiger partial charge in [0.1, 0.15) is 17.6 Å². The normalized spacial score (nSPS) is 17.5. The number of nitrogens with zero attached hydrogens (tertiary/aromatic N) is 2. The summed E-state index contributed by atoms with van der Waals surface area (Å²) < 4.78 is 5.82. The van der Waals surface area contributed by atoms with Crippen LogP contribution in [0.15, 0.2) is 72.4 Å². The third-order valence-electron chi connectivity index (χ3n) is 6.61. The van der Waals surface area contributed by atoms with Crippen LogP contribution < -0.4 is 9.64 Å². The summed E-state index contributed by atoms with van der Waals surface area (Å²) in [6, 6.07) is 17.4. The minimum absolute atomic E-state index is 0.0145. The Bertz CT molecular complexity index is 1340. The fourth-order valence-corrected chi connectivity index (χ4v) is 4.64. The first-order valence-electron chi connectivity index (χ1n) is 12.6. The number of hydrogen-bond donors (Lipinski definition) is 1. The Morgan fingerprint density at radius 1 is 1.05 bits per heavy atom. The first-order valence-corrected chi connectivity index (χ1v) is 12.6. The van der Waals surface area contributed by atoms with Crippen molar-refractivity contribution in [1.82, 2.24) is 4.98 Å². The molecule has 37 heavy (non-hydrogen) atoms. The number of hydrogen-bond acceptors (Lipinski definition) is 5. The lowest BCUT2D eigenvalue weighted by Gasteiger charge is -2.25. The fourth-order valence-electron chi connectivity index (χ4n) is 4.64. The van der Waals surface area contributed by atoms with Gasteiger partial charge in [-0.25, -0.2) is 0 Å². The molecule has 1 aliphatic heterocycles. The van der Waals surface area contributed by atoms with Crippen LogP contribution in [0.3, 0.4) is 0 Å². The third-order valence-corrected chi connectivity index (χ3v) is 6.61. The Hall–Kier alpha value is -3.93. The van der Waals surface area contributed by atoms with Gasteiger partial charge in [-0.3, -0.25) is 19.5 Å². The van der Waals surface area contributed by atoms with E-state index in [2.05, 4.69) is 39.6 Å². The molecule has 1 amide bonds. The largest absolute Gasteiger partial charge is 0.507 e. The predicted molar refractivity (Wildman–Crippen MR) is 146 cm³/mol. The maximum absolute atomic E-state index is 13.5. The molecule has 1 saturated heterocycles. The molecule has 0 aliphatic carbocycles. The van der Waals surface area contributed by atoms with Gasteiger partial charge in [0.05, 0.1) is 17.9 Å². The standard InChI is InChI=1S/C31H34N2O4/c1-7-37-25-16-13-21(18-23(25)31(4,5)6)28(34)26-27(24-10-8-9-17-32-24)33(30(36)29(26)35)22-14-11-20(12-15-22)19(2)3/h8-19,27,34H,7H2,1-6H3/b28-26-. The van der Waals surface area contributed by atoms with E-state index in [4.69, 9.17) is 4.74 Å². The molecule has 1 N–H and O–H groups in total. The van der Waals surface area contributed by atoms with Gasteiger partial charge in [0, 0.05) is 23.0 Å². The minimum atomic E-state index is -0.865. The second-order valence-electron chi connectivity index (χ2n) is 10.6. The second-order valence-corrected chi connectivity index (χ2v) is 10.6. The van der Waals surface area contributed by atoms with Crippen LogP contribution in [0, 0.1) is 0 Å². The van der Waals surface area contributed by atoms with Crippen molar-refractivity contribution in [2.24, 2.45) is 0 Å². The number of ketones is 1. The summed E-state index contributed by atoms with van der Waals surface area (Å²) in [5.74, 6) is -0.626. The molecule has 2 heterocycles. The van der Waals surface area contributed by atoms with Crippen molar-refractivity contribution in [3.8, 4) is 5.75 Å². The van der Waals surface area contributed by atoms with Crippen LogP contribution in [0.5, 0.6) is 5.75 Å². The number of Topliss-reactive ketones (excluding diaryl/α,β-unsaturated/α-hetero) is 1. The molecule has 0 spiro atoms. The third kappa shape index (κ3) is 5.01. The van der Waals surface area contributed by atoms with Crippen molar-refractivity contribution in [1.29, 1.82) is 0 Å². The summed E-state index contributed by atoms with van der Waals surface area (Å²) in [7, 11) is 0. The highest BCUT2D eigenvalue weighted by Crippen LogP contribution is 2.42. The van der Waals surface area contributed by atoms with E-state index in [-0.39, 0.29) is 16.7 Å². The average Bonchev–Trinajstić information content (AvgIpc) is 3.14. The van der Waals surface area contributed by atoms with Crippen molar-refractivity contribution >= 4 is 23.1 Å². The van der Waals surface area contributed by atoms with Crippen molar-refractivity contribution in [2.45, 2.75) is 58.9 Å². The number of carbonyl (C=O) groups is 2. The topological polar surface area (TPSA) is 79.7 Å². The van der Waals surface area contributed by atoms with Crippen LogP contribution in [-0.2, 0) is 15.0 Å². The Morgan fingerprint density at radius 3 is 2.32 bits per heavy atom. The van der Waals surface area contributed by atoms with Gasteiger partial charge in [-0.05, 0) is 66.3 Å². The molecule has 0 bridgehead atoms. The number of amides is 1. The van der Waals surface area contributed by atoms with Gasteiger partial charge in [-0.2, -0.15) is 0 Å². The summed E-state index contributed by atoms with van der Waals surface area (Å²) in [6.45, 7) is 12.8. The highest BCUT2D eigenvalue weighted by molar-refractivity contribution is 6.51. The first-order chi connectivity index (χ1) is 17.5. The molecule has 1 aliphatic rings. The van der Waals surface area contributed by atoms with Gasteiger partial charge in [0.25, 0.3) is 11.7 Å². The van der Waals surface area contributed by atoms with Gasteiger partial charge in [0.15, 0.2) is 0 Å². The van der Waals surface area contributed by atoms with E-state index in [0.29, 0.717) is 29.5 Å². The smallest absolute Gasteiger partial charge is 0.300 e. The lowest BCUT2D eigenvalue weighted by molar-refractivity contribution is -0.132. The number of rotatable bonds is 6. The summed E-state index contributed by atoms with van der Waals surface area (Å²) in [4.78, 5) is 32.7. The highest BCUT2D eigenvalue weighted by atomic mass is 16.5. The number of benzene rings is 2. The van der Waals surface area contributed by atoms with Gasteiger partial charge >= 0.3 is 0 Å². The maximum Gasteiger partial charge on any atom is 0.300 e. The zero-order valence-electron chi connectivity index (χ0n) is 22.3. The van der Waals surface area contributed by atoms with Gasteiger partial charge in [-0.1, -0.05) is 52.8 Å². The van der Waals surface area contributed by atoms with Gasteiger partial charge in [0.2, 0.25) is 0 Å². The summed E-state index contributed by atoms with van der Waals surface area (Å²) in [6.07, 6.45) is 1.62. The van der Waals surface area contributed by atoms with Crippen LogP contribution >= 0.6 is 0 Å². The summed E-state index contributed by atoms with van der Waals surface area (Å²) in [5.41, 5.74) is 3.28. The predicted octanol–water partition coefficient (Wildman–Crippen LogP) is 6.53.